The molecule has 1 unspecified atom stereocenters. The van der Waals surface area contributed by atoms with E-state index < -0.39 is 0 Å². The van der Waals surface area contributed by atoms with Crippen molar-refractivity contribution in [3.8, 4) is 0 Å². The molecule has 0 aliphatic carbocycles. The lowest BCUT2D eigenvalue weighted by Gasteiger charge is -2.39. The van der Waals surface area contributed by atoms with Gasteiger partial charge in [0.1, 0.15) is 0 Å². The van der Waals surface area contributed by atoms with Gasteiger partial charge < -0.3 is 10.2 Å². The zero-order valence-electron chi connectivity index (χ0n) is 12.6. The summed E-state index contributed by atoms with van der Waals surface area (Å²) in [4.78, 5) is 2.57. The van der Waals surface area contributed by atoms with Crippen LogP contribution in [0, 0.1) is 0 Å². The quantitative estimate of drug-likeness (QED) is 0.853. The van der Waals surface area contributed by atoms with Gasteiger partial charge in [0.25, 0.3) is 0 Å². The van der Waals surface area contributed by atoms with Crippen molar-refractivity contribution >= 4 is 11.4 Å². The topological polar surface area (TPSA) is 15.3 Å². The lowest BCUT2D eigenvalue weighted by atomic mass is 9.92. The van der Waals surface area contributed by atoms with Crippen LogP contribution in [0.1, 0.15) is 30.0 Å². The number of nitrogens with one attached hydrogen (secondary N) is 1. The molecule has 0 saturated carbocycles. The number of hydrogen-bond donors (Lipinski definition) is 1. The zero-order valence-corrected chi connectivity index (χ0v) is 12.6. The van der Waals surface area contributed by atoms with Gasteiger partial charge in [0.15, 0.2) is 0 Å². The molecule has 0 radical (unpaired) electrons. The van der Waals surface area contributed by atoms with E-state index in [1.807, 2.05) is 0 Å². The second-order valence-corrected chi connectivity index (χ2v) is 6.23. The fourth-order valence-corrected chi connectivity index (χ4v) is 3.79. The third kappa shape index (κ3) is 2.14. The molecule has 2 aromatic rings. The van der Waals surface area contributed by atoms with Crippen molar-refractivity contribution in [3.05, 3.63) is 59.2 Å². The molecule has 0 bridgehead atoms. The Morgan fingerprint density at radius 1 is 0.952 bits per heavy atom. The minimum absolute atomic E-state index is 0.571. The van der Waals surface area contributed by atoms with E-state index in [9.17, 15) is 0 Å². The first-order chi connectivity index (χ1) is 10.3. The van der Waals surface area contributed by atoms with E-state index in [1.54, 1.807) is 5.56 Å². The average molecular weight is 278 g/mol. The molecule has 0 spiro atoms. The third-order valence-corrected chi connectivity index (χ3v) is 4.90. The summed E-state index contributed by atoms with van der Waals surface area (Å²) in [5.74, 6) is 0. The highest BCUT2D eigenvalue weighted by molar-refractivity contribution is 5.72. The van der Waals surface area contributed by atoms with Gasteiger partial charge >= 0.3 is 0 Å². The van der Waals surface area contributed by atoms with Crippen molar-refractivity contribution < 1.29 is 0 Å². The van der Waals surface area contributed by atoms with Gasteiger partial charge in [-0.05, 0) is 61.6 Å². The molecular formula is C19H22N2. The number of benzene rings is 2. The van der Waals surface area contributed by atoms with E-state index in [1.165, 1.54) is 35.3 Å². The van der Waals surface area contributed by atoms with E-state index >= 15 is 0 Å². The highest BCUT2D eigenvalue weighted by Crippen LogP contribution is 2.39. The van der Waals surface area contributed by atoms with Crippen LogP contribution in [0.25, 0.3) is 0 Å². The van der Waals surface area contributed by atoms with Crippen molar-refractivity contribution in [3.63, 3.8) is 0 Å². The van der Waals surface area contributed by atoms with Gasteiger partial charge in [-0.2, -0.15) is 0 Å². The first kappa shape index (κ1) is 12.9. The summed E-state index contributed by atoms with van der Waals surface area (Å²) >= 11 is 0. The van der Waals surface area contributed by atoms with Crippen LogP contribution in [-0.4, -0.2) is 12.6 Å². The highest BCUT2D eigenvalue weighted by atomic mass is 15.2. The number of nitrogens with zero attached hydrogens (tertiary/aromatic N) is 1. The van der Waals surface area contributed by atoms with Crippen LogP contribution in [0.4, 0.5) is 11.4 Å². The number of rotatable bonds is 1. The SMILES string of the molecule is CC1CCc2ccccc2N1c1cccc2c1CCNC2. The fraction of sp³-hybridized carbons (Fsp3) is 0.368. The minimum Gasteiger partial charge on any atom is -0.338 e. The van der Waals surface area contributed by atoms with Gasteiger partial charge in [-0.3, -0.25) is 0 Å². The molecule has 0 aromatic heterocycles. The Kier molecular flexibility index (Phi) is 3.19. The van der Waals surface area contributed by atoms with Crippen LogP contribution in [0.2, 0.25) is 0 Å². The maximum atomic E-state index is 3.48. The molecule has 4 rings (SSSR count). The number of aryl methyl sites for hydroxylation is 1. The van der Waals surface area contributed by atoms with Gasteiger partial charge in [-0.25, -0.2) is 0 Å². The Morgan fingerprint density at radius 2 is 1.76 bits per heavy atom. The largest absolute Gasteiger partial charge is 0.338 e. The Hall–Kier alpha value is -1.80. The molecule has 2 aliphatic heterocycles. The molecule has 2 nitrogen and oxygen atoms in total. The second kappa shape index (κ2) is 5.19. The summed E-state index contributed by atoms with van der Waals surface area (Å²) in [6.45, 7) is 4.46. The van der Waals surface area contributed by atoms with Crippen LogP contribution in [0.15, 0.2) is 42.5 Å². The van der Waals surface area contributed by atoms with E-state index in [-0.39, 0.29) is 0 Å². The number of fused-ring (bicyclic) bond motifs is 2. The van der Waals surface area contributed by atoms with Gasteiger partial charge in [-0.1, -0.05) is 30.3 Å². The van der Waals surface area contributed by atoms with Gasteiger partial charge in [0, 0.05) is 24.0 Å². The average Bonchev–Trinajstić information content (AvgIpc) is 2.54. The Balaban J connectivity index is 1.86. The van der Waals surface area contributed by atoms with Crippen molar-refractivity contribution in [2.75, 3.05) is 11.4 Å². The predicted molar refractivity (Wildman–Crippen MR) is 88.2 cm³/mol. The monoisotopic (exact) mass is 278 g/mol. The zero-order chi connectivity index (χ0) is 14.2. The first-order valence-corrected chi connectivity index (χ1v) is 8.03. The van der Waals surface area contributed by atoms with E-state index in [0.717, 1.165) is 19.5 Å². The maximum absolute atomic E-state index is 3.48. The summed E-state index contributed by atoms with van der Waals surface area (Å²) < 4.78 is 0. The van der Waals surface area contributed by atoms with Gasteiger partial charge in [0.2, 0.25) is 0 Å². The van der Waals surface area contributed by atoms with Crippen molar-refractivity contribution in [1.82, 2.24) is 5.32 Å². The molecule has 2 aromatic carbocycles. The maximum Gasteiger partial charge on any atom is 0.0449 e. The Morgan fingerprint density at radius 3 is 2.71 bits per heavy atom. The van der Waals surface area contributed by atoms with E-state index in [4.69, 9.17) is 0 Å². The van der Waals surface area contributed by atoms with E-state index in [0.29, 0.717) is 6.04 Å². The second-order valence-electron chi connectivity index (χ2n) is 6.23. The summed E-state index contributed by atoms with van der Waals surface area (Å²) in [7, 11) is 0. The fourth-order valence-electron chi connectivity index (χ4n) is 3.79. The highest BCUT2D eigenvalue weighted by Gasteiger charge is 2.26. The molecule has 0 fully saturated rings. The summed E-state index contributed by atoms with van der Waals surface area (Å²) in [5, 5.41) is 3.48. The molecule has 2 heteroatoms. The van der Waals surface area contributed by atoms with E-state index in [2.05, 4.69) is 59.6 Å². The number of anilines is 2. The van der Waals surface area contributed by atoms with Crippen LogP contribution < -0.4 is 10.2 Å². The van der Waals surface area contributed by atoms with Gasteiger partial charge in [-0.15, -0.1) is 0 Å². The first-order valence-electron chi connectivity index (χ1n) is 8.03. The Labute approximate surface area is 126 Å². The van der Waals surface area contributed by atoms with Gasteiger partial charge in [0.05, 0.1) is 0 Å². The summed E-state index contributed by atoms with van der Waals surface area (Å²) in [5.41, 5.74) is 7.33. The van der Waals surface area contributed by atoms with Crippen LogP contribution in [0.3, 0.4) is 0 Å². The summed E-state index contributed by atoms with van der Waals surface area (Å²) in [6.07, 6.45) is 3.57. The Bertz CT molecular complexity index is 662. The van der Waals surface area contributed by atoms with Crippen molar-refractivity contribution in [2.45, 2.75) is 38.8 Å². The number of hydrogen-bond acceptors (Lipinski definition) is 2. The van der Waals surface area contributed by atoms with Crippen molar-refractivity contribution in [2.24, 2.45) is 0 Å². The third-order valence-electron chi connectivity index (χ3n) is 4.90. The minimum atomic E-state index is 0.571. The molecule has 21 heavy (non-hydrogen) atoms. The smallest absolute Gasteiger partial charge is 0.0449 e. The molecule has 0 saturated heterocycles. The van der Waals surface area contributed by atoms with Crippen LogP contribution in [0.5, 0.6) is 0 Å². The molecular weight excluding hydrogens is 256 g/mol. The lowest BCUT2D eigenvalue weighted by Crippen LogP contribution is -2.35. The van der Waals surface area contributed by atoms with Crippen LogP contribution in [-0.2, 0) is 19.4 Å². The molecule has 0 amide bonds. The number of para-hydroxylation sites is 1. The molecule has 1 N–H and O–H groups in total. The van der Waals surface area contributed by atoms with Crippen LogP contribution >= 0.6 is 0 Å². The normalized spacial score (nSPS) is 20.8. The molecule has 1 atom stereocenters. The predicted octanol–water partition coefficient (Wildman–Crippen LogP) is 3.81. The lowest BCUT2D eigenvalue weighted by molar-refractivity contribution is 0.606. The standard InChI is InChI=1S/C19H22N2/c1-14-9-10-15-5-2-3-7-18(15)21(14)19-8-4-6-16-13-20-12-11-17(16)19/h2-8,14,20H,9-13H2,1H3. The molecule has 108 valence electrons. The molecule has 2 heterocycles. The molecule has 2 aliphatic rings. The van der Waals surface area contributed by atoms with Crippen molar-refractivity contribution in [1.29, 1.82) is 0 Å². The summed E-state index contributed by atoms with van der Waals surface area (Å²) in [6, 6.07) is 16.3.